The third-order valence-corrected chi connectivity index (χ3v) is 3.28. The SMILES string of the molecule is CCc1cccc(CC)c1N=C(C)c1ccccn1.[Ni+2]. The number of nitrogens with zero attached hydrogens (tertiary/aromatic N) is 2. The Kier molecular flexibility index (Phi) is 6.60. The van der Waals surface area contributed by atoms with Gasteiger partial charge in [-0.1, -0.05) is 38.1 Å². The van der Waals surface area contributed by atoms with Crippen LogP contribution in [0, 0.1) is 0 Å². The minimum atomic E-state index is 0. The summed E-state index contributed by atoms with van der Waals surface area (Å²) in [5, 5.41) is 0. The van der Waals surface area contributed by atoms with Crippen molar-refractivity contribution < 1.29 is 16.5 Å². The van der Waals surface area contributed by atoms with Crippen molar-refractivity contribution in [3.63, 3.8) is 0 Å². The van der Waals surface area contributed by atoms with E-state index < -0.39 is 0 Å². The second-order valence-corrected chi connectivity index (χ2v) is 4.54. The second kappa shape index (κ2) is 7.96. The van der Waals surface area contributed by atoms with E-state index in [0.29, 0.717) is 0 Å². The summed E-state index contributed by atoms with van der Waals surface area (Å²) in [6.45, 7) is 6.36. The van der Waals surface area contributed by atoms with Gasteiger partial charge < -0.3 is 0 Å². The predicted octanol–water partition coefficient (Wildman–Crippen LogP) is 4.34. The van der Waals surface area contributed by atoms with Crippen LogP contribution in [0.4, 0.5) is 5.69 Å². The number of para-hydroxylation sites is 1. The zero-order chi connectivity index (χ0) is 13.7. The summed E-state index contributed by atoms with van der Waals surface area (Å²) in [5.41, 5.74) is 5.63. The molecule has 0 aliphatic carbocycles. The molecule has 1 aromatic carbocycles. The Morgan fingerprint density at radius 2 is 1.65 bits per heavy atom. The summed E-state index contributed by atoms with van der Waals surface area (Å²) in [6.07, 6.45) is 3.81. The molecule has 0 aliphatic heterocycles. The minimum absolute atomic E-state index is 0. The zero-order valence-corrected chi connectivity index (χ0v) is 13.2. The number of rotatable bonds is 4. The van der Waals surface area contributed by atoms with E-state index in [9.17, 15) is 0 Å². The van der Waals surface area contributed by atoms with Crippen molar-refractivity contribution >= 4 is 11.4 Å². The van der Waals surface area contributed by atoms with Crippen molar-refractivity contribution in [1.29, 1.82) is 0 Å². The summed E-state index contributed by atoms with van der Waals surface area (Å²) in [6, 6.07) is 12.3. The summed E-state index contributed by atoms with van der Waals surface area (Å²) in [7, 11) is 0. The van der Waals surface area contributed by atoms with Gasteiger partial charge in [-0.15, -0.1) is 0 Å². The molecule has 0 aliphatic rings. The molecule has 0 saturated heterocycles. The molecule has 2 aromatic rings. The summed E-state index contributed by atoms with van der Waals surface area (Å²) in [5.74, 6) is 0. The van der Waals surface area contributed by atoms with Gasteiger partial charge >= 0.3 is 16.5 Å². The van der Waals surface area contributed by atoms with E-state index >= 15 is 0 Å². The first-order valence-corrected chi connectivity index (χ1v) is 6.83. The van der Waals surface area contributed by atoms with Crippen LogP contribution in [0.15, 0.2) is 47.6 Å². The monoisotopic (exact) mass is 310 g/mol. The fraction of sp³-hybridized carbons (Fsp3) is 0.294. The quantitative estimate of drug-likeness (QED) is 0.609. The van der Waals surface area contributed by atoms with Crippen LogP contribution in [-0.2, 0) is 29.3 Å². The normalized spacial score (nSPS) is 11.1. The summed E-state index contributed by atoms with van der Waals surface area (Å²) < 4.78 is 0. The van der Waals surface area contributed by atoms with Crippen molar-refractivity contribution in [1.82, 2.24) is 4.98 Å². The first kappa shape index (κ1) is 16.6. The molecule has 2 nitrogen and oxygen atoms in total. The van der Waals surface area contributed by atoms with Crippen LogP contribution in [0.1, 0.15) is 37.6 Å². The molecule has 3 heteroatoms. The Bertz CT molecular complexity index is 555. The van der Waals surface area contributed by atoms with Crippen molar-refractivity contribution in [2.75, 3.05) is 0 Å². The van der Waals surface area contributed by atoms with Crippen LogP contribution in [0.5, 0.6) is 0 Å². The van der Waals surface area contributed by atoms with Crippen molar-refractivity contribution in [2.45, 2.75) is 33.6 Å². The molecule has 0 unspecified atom stereocenters. The van der Waals surface area contributed by atoms with E-state index in [0.717, 1.165) is 29.9 Å². The number of aliphatic imine (C=N–C) groups is 1. The molecule has 2 rings (SSSR count). The standard InChI is InChI=1S/C17H20N2.Ni/c1-4-14-9-8-10-15(5-2)17(14)19-13(3)16-11-6-7-12-18-16;/h6-12H,4-5H2,1-3H3;/q;+2. The van der Waals surface area contributed by atoms with E-state index in [-0.39, 0.29) is 16.5 Å². The molecule has 0 spiro atoms. The Hall–Kier alpha value is -1.47. The van der Waals surface area contributed by atoms with Gasteiger partial charge in [0.15, 0.2) is 0 Å². The van der Waals surface area contributed by atoms with Gasteiger partial charge in [-0.3, -0.25) is 9.98 Å². The number of pyridine rings is 1. The number of benzene rings is 1. The fourth-order valence-electron chi connectivity index (χ4n) is 2.16. The first-order valence-electron chi connectivity index (χ1n) is 6.83. The summed E-state index contributed by atoms with van der Waals surface area (Å²) >= 11 is 0. The second-order valence-electron chi connectivity index (χ2n) is 4.54. The molecule has 0 atom stereocenters. The molecule has 0 bridgehead atoms. The predicted molar refractivity (Wildman–Crippen MR) is 81.3 cm³/mol. The van der Waals surface area contributed by atoms with Crippen LogP contribution in [0.3, 0.4) is 0 Å². The maximum atomic E-state index is 4.82. The number of aromatic nitrogens is 1. The van der Waals surface area contributed by atoms with Gasteiger partial charge in [-0.05, 0) is 43.0 Å². The average molecular weight is 311 g/mol. The Labute approximate surface area is 131 Å². The average Bonchev–Trinajstić information content (AvgIpc) is 2.48. The molecule has 1 aromatic heterocycles. The third-order valence-electron chi connectivity index (χ3n) is 3.28. The molecule has 106 valence electrons. The van der Waals surface area contributed by atoms with Crippen molar-refractivity contribution in [3.05, 3.63) is 59.4 Å². The number of hydrogen-bond donors (Lipinski definition) is 0. The van der Waals surface area contributed by atoms with Gasteiger partial charge in [-0.2, -0.15) is 0 Å². The smallest absolute Gasteiger partial charge is 0.255 e. The van der Waals surface area contributed by atoms with E-state index in [1.54, 1.807) is 6.20 Å². The van der Waals surface area contributed by atoms with Gasteiger partial charge in [0.05, 0.1) is 17.1 Å². The summed E-state index contributed by atoms with van der Waals surface area (Å²) in [4.78, 5) is 9.18. The van der Waals surface area contributed by atoms with E-state index in [4.69, 9.17) is 4.99 Å². The minimum Gasteiger partial charge on any atom is -0.255 e. The largest absolute Gasteiger partial charge is 2.00 e. The van der Waals surface area contributed by atoms with Gasteiger partial charge in [0, 0.05) is 6.20 Å². The molecular weight excluding hydrogens is 291 g/mol. The van der Waals surface area contributed by atoms with E-state index in [1.165, 1.54) is 11.1 Å². The molecule has 0 N–H and O–H groups in total. The Morgan fingerprint density at radius 1 is 1.00 bits per heavy atom. The van der Waals surface area contributed by atoms with Crippen molar-refractivity contribution in [2.24, 2.45) is 4.99 Å². The Balaban J connectivity index is 0.00000200. The maximum Gasteiger partial charge on any atom is 2.00 e. The van der Waals surface area contributed by atoms with E-state index in [2.05, 4.69) is 37.0 Å². The van der Waals surface area contributed by atoms with Crippen LogP contribution < -0.4 is 0 Å². The van der Waals surface area contributed by atoms with Gasteiger partial charge in [0.1, 0.15) is 0 Å². The van der Waals surface area contributed by atoms with Crippen LogP contribution >= 0.6 is 0 Å². The van der Waals surface area contributed by atoms with Crippen LogP contribution in [0.25, 0.3) is 0 Å². The van der Waals surface area contributed by atoms with Crippen molar-refractivity contribution in [3.8, 4) is 0 Å². The molecule has 0 amide bonds. The topological polar surface area (TPSA) is 25.2 Å². The molecule has 1 heterocycles. The fourth-order valence-corrected chi connectivity index (χ4v) is 2.16. The molecular formula is C17H20N2Ni+2. The number of aryl methyl sites for hydroxylation is 2. The Morgan fingerprint density at radius 3 is 2.15 bits per heavy atom. The molecule has 0 fully saturated rings. The van der Waals surface area contributed by atoms with E-state index in [1.807, 2.05) is 25.1 Å². The van der Waals surface area contributed by atoms with Crippen LogP contribution in [-0.4, -0.2) is 10.7 Å². The van der Waals surface area contributed by atoms with Gasteiger partial charge in [-0.25, -0.2) is 0 Å². The maximum absolute atomic E-state index is 4.82. The van der Waals surface area contributed by atoms with Crippen LogP contribution in [0.2, 0.25) is 0 Å². The number of hydrogen-bond acceptors (Lipinski definition) is 2. The third kappa shape index (κ3) is 3.77. The molecule has 20 heavy (non-hydrogen) atoms. The first-order chi connectivity index (χ1) is 9.26. The van der Waals surface area contributed by atoms with Gasteiger partial charge in [0.25, 0.3) is 0 Å². The molecule has 0 radical (unpaired) electrons. The van der Waals surface area contributed by atoms with Gasteiger partial charge in [0.2, 0.25) is 0 Å². The zero-order valence-electron chi connectivity index (χ0n) is 12.2. The molecule has 0 saturated carbocycles.